The van der Waals surface area contributed by atoms with Crippen molar-refractivity contribution in [1.29, 1.82) is 0 Å². The standard InChI is InChI=1S/C57H98NO10P/c1-3-5-7-9-11-13-15-17-19-21-23-25-27-29-31-33-35-37-39-41-43-45-47-49-56(61)66-50-53(59)51-67-69(64,65)68-52-54(57(62)63)58-55(60)48-46-44-42-40-38-36-34-32-30-28-26-24-22-20-18-16-14-12-10-8-6-4-2/h5,7,11,13,17,19,23,25,29,31,35,37,41,43,53-54,59H,3-4,6,8-10,12,14-16,18,20-22,24,26-28,30,32-34,36,38-40,42,44-52H2,1-2H3,(H,58,60)(H,62,63)(H,64,65)/b7-5-,13-11-,19-17-,25-23-,31-29-,37-35-,43-41-. The van der Waals surface area contributed by atoms with Gasteiger partial charge in [0.25, 0.3) is 0 Å². The summed E-state index contributed by atoms with van der Waals surface area (Å²) in [7, 11) is -4.78. The number of phosphoric ester groups is 1. The van der Waals surface area contributed by atoms with E-state index in [2.05, 4.69) is 92.1 Å². The molecule has 0 aliphatic carbocycles. The largest absolute Gasteiger partial charge is 0.480 e. The van der Waals surface area contributed by atoms with Crippen LogP contribution >= 0.6 is 7.82 Å². The minimum atomic E-state index is -4.78. The predicted octanol–water partition coefficient (Wildman–Crippen LogP) is 15.4. The van der Waals surface area contributed by atoms with Crippen molar-refractivity contribution < 1.29 is 47.8 Å². The SMILES string of the molecule is CC/C=C\C/C=C\C/C=C\C/C=C\C/C=C\C/C=C\C/C=C\CCCC(=O)OCC(O)COP(=O)(O)OCC(NC(=O)CCCCCCCCCCCCCCCCCCCCCCCC)C(=O)O. The minimum absolute atomic E-state index is 0.140. The van der Waals surface area contributed by atoms with Crippen LogP contribution < -0.4 is 5.32 Å². The molecule has 4 N–H and O–H groups in total. The Morgan fingerprint density at radius 3 is 1.23 bits per heavy atom. The maximum absolute atomic E-state index is 12.4. The third-order valence-corrected chi connectivity index (χ3v) is 12.4. The van der Waals surface area contributed by atoms with Gasteiger partial charge in [0, 0.05) is 12.8 Å². The number of allylic oxidation sites excluding steroid dienone is 14. The first-order valence-electron chi connectivity index (χ1n) is 27.1. The average Bonchev–Trinajstić information content (AvgIpc) is 3.33. The van der Waals surface area contributed by atoms with Crippen LogP contribution in [0.4, 0.5) is 0 Å². The van der Waals surface area contributed by atoms with E-state index >= 15 is 0 Å². The van der Waals surface area contributed by atoms with E-state index in [1.54, 1.807) is 0 Å². The Morgan fingerprint density at radius 1 is 0.478 bits per heavy atom. The summed E-state index contributed by atoms with van der Waals surface area (Å²) in [6, 6.07) is -1.56. The number of esters is 1. The van der Waals surface area contributed by atoms with E-state index in [1.165, 1.54) is 116 Å². The fourth-order valence-electron chi connectivity index (χ4n) is 7.31. The number of rotatable bonds is 50. The number of ether oxygens (including phenoxy) is 1. The van der Waals surface area contributed by atoms with Crippen molar-refractivity contribution in [3.63, 3.8) is 0 Å². The van der Waals surface area contributed by atoms with E-state index in [9.17, 15) is 34.1 Å². The van der Waals surface area contributed by atoms with Gasteiger partial charge in [0.2, 0.25) is 5.91 Å². The molecule has 0 radical (unpaired) electrons. The second-order valence-electron chi connectivity index (χ2n) is 18.0. The van der Waals surface area contributed by atoms with Gasteiger partial charge in [-0.05, 0) is 64.2 Å². The summed E-state index contributed by atoms with van der Waals surface area (Å²) < 4.78 is 26.9. The van der Waals surface area contributed by atoms with Crippen LogP contribution in [0.3, 0.4) is 0 Å². The number of aliphatic hydroxyl groups excluding tert-OH is 1. The normalized spacial score (nSPS) is 14.1. The van der Waals surface area contributed by atoms with E-state index < -0.39 is 57.6 Å². The number of phosphoric acid groups is 1. The van der Waals surface area contributed by atoms with Gasteiger partial charge in [0.15, 0.2) is 6.04 Å². The summed E-state index contributed by atoms with van der Waals surface area (Å²) in [5.74, 6) is -2.43. The zero-order valence-electron chi connectivity index (χ0n) is 43.3. The summed E-state index contributed by atoms with van der Waals surface area (Å²) in [6.45, 7) is 2.45. The molecule has 0 spiro atoms. The Kier molecular flexibility index (Phi) is 48.6. The molecule has 0 aliphatic rings. The molecule has 11 nitrogen and oxygen atoms in total. The first-order valence-corrected chi connectivity index (χ1v) is 28.6. The molecule has 0 aromatic rings. The average molecular weight is 988 g/mol. The molecule has 0 aromatic heterocycles. The molecular formula is C57H98NO10P. The van der Waals surface area contributed by atoms with E-state index in [0.717, 1.165) is 64.2 Å². The minimum Gasteiger partial charge on any atom is -0.480 e. The Hall–Kier alpha value is -3.34. The number of carbonyl (C=O) groups is 3. The number of aliphatic hydroxyl groups is 1. The first kappa shape index (κ1) is 65.7. The smallest absolute Gasteiger partial charge is 0.472 e. The number of aliphatic carboxylic acids is 1. The van der Waals surface area contributed by atoms with Crippen LogP contribution in [0.1, 0.15) is 226 Å². The Labute approximate surface area is 420 Å². The van der Waals surface area contributed by atoms with Gasteiger partial charge in [-0.3, -0.25) is 18.6 Å². The monoisotopic (exact) mass is 988 g/mol. The van der Waals surface area contributed by atoms with Crippen LogP contribution in [0.15, 0.2) is 85.1 Å². The second kappa shape index (κ2) is 51.0. The number of carboxylic acids is 1. The van der Waals surface area contributed by atoms with E-state index in [-0.39, 0.29) is 12.8 Å². The molecule has 12 heteroatoms. The van der Waals surface area contributed by atoms with E-state index in [1.807, 2.05) is 12.2 Å². The van der Waals surface area contributed by atoms with E-state index in [4.69, 9.17) is 13.8 Å². The molecule has 0 aromatic carbocycles. The Balaban J connectivity index is 3.89. The highest BCUT2D eigenvalue weighted by Crippen LogP contribution is 2.43. The lowest BCUT2D eigenvalue weighted by Gasteiger charge is -2.18. The van der Waals surface area contributed by atoms with Crippen molar-refractivity contribution in [2.45, 2.75) is 238 Å². The van der Waals surface area contributed by atoms with Crippen LogP contribution in [0.5, 0.6) is 0 Å². The highest BCUT2D eigenvalue weighted by atomic mass is 31.2. The molecule has 0 bridgehead atoms. The predicted molar refractivity (Wildman–Crippen MR) is 286 cm³/mol. The van der Waals surface area contributed by atoms with E-state index in [0.29, 0.717) is 19.3 Å². The quantitative estimate of drug-likeness (QED) is 0.0199. The first-order chi connectivity index (χ1) is 33.6. The van der Waals surface area contributed by atoms with Gasteiger partial charge < -0.3 is 25.2 Å². The van der Waals surface area contributed by atoms with Crippen molar-refractivity contribution in [3.05, 3.63) is 85.1 Å². The molecule has 1 amide bonds. The number of amides is 1. The van der Waals surface area contributed by atoms with Gasteiger partial charge in [0.05, 0.1) is 13.2 Å². The van der Waals surface area contributed by atoms with Crippen molar-refractivity contribution in [3.8, 4) is 0 Å². The number of nitrogens with one attached hydrogen (secondary N) is 1. The molecule has 0 heterocycles. The van der Waals surface area contributed by atoms with Crippen molar-refractivity contribution in [2.24, 2.45) is 0 Å². The third kappa shape index (κ3) is 50.8. The number of carbonyl (C=O) groups excluding carboxylic acids is 2. The lowest BCUT2D eigenvalue weighted by atomic mass is 10.0. The maximum atomic E-state index is 12.4. The zero-order valence-corrected chi connectivity index (χ0v) is 44.2. The molecule has 3 unspecified atom stereocenters. The molecular weight excluding hydrogens is 890 g/mol. The molecule has 0 saturated heterocycles. The summed E-state index contributed by atoms with van der Waals surface area (Å²) in [6.07, 6.45) is 64.7. The van der Waals surface area contributed by atoms with Gasteiger partial charge in [-0.2, -0.15) is 0 Å². The van der Waals surface area contributed by atoms with Gasteiger partial charge in [0.1, 0.15) is 12.7 Å². The lowest BCUT2D eigenvalue weighted by Crippen LogP contribution is -2.43. The fourth-order valence-corrected chi connectivity index (χ4v) is 8.08. The summed E-state index contributed by atoms with van der Waals surface area (Å²) in [5, 5.41) is 21.9. The third-order valence-electron chi connectivity index (χ3n) is 11.4. The molecule has 3 atom stereocenters. The number of hydrogen-bond donors (Lipinski definition) is 4. The van der Waals surface area contributed by atoms with Crippen LogP contribution in [-0.2, 0) is 32.7 Å². The maximum Gasteiger partial charge on any atom is 0.472 e. The van der Waals surface area contributed by atoms with Crippen LogP contribution in [0, 0.1) is 0 Å². The molecule has 396 valence electrons. The fraction of sp³-hybridized carbons (Fsp3) is 0.702. The van der Waals surface area contributed by atoms with Crippen LogP contribution in [0.25, 0.3) is 0 Å². The van der Waals surface area contributed by atoms with Crippen LogP contribution in [0.2, 0.25) is 0 Å². The number of unbranched alkanes of at least 4 members (excludes halogenated alkanes) is 22. The zero-order chi connectivity index (χ0) is 50.6. The van der Waals surface area contributed by atoms with Crippen molar-refractivity contribution in [2.75, 3.05) is 19.8 Å². The topological polar surface area (TPSA) is 169 Å². The van der Waals surface area contributed by atoms with Gasteiger partial charge >= 0.3 is 19.8 Å². The molecule has 69 heavy (non-hydrogen) atoms. The molecule has 0 saturated carbocycles. The lowest BCUT2D eigenvalue weighted by molar-refractivity contribution is -0.147. The second-order valence-corrected chi connectivity index (χ2v) is 19.5. The van der Waals surface area contributed by atoms with Crippen LogP contribution in [-0.4, -0.2) is 64.9 Å². The van der Waals surface area contributed by atoms with Gasteiger partial charge in [-0.1, -0.05) is 234 Å². The highest BCUT2D eigenvalue weighted by Gasteiger charge is 2.28. The number of carboxylic acid groups (broad SMARTS) is 1. The van der Waals surface area contributed by atoms with Crippen molar-refractivity contribution >= 4 is 25.7 Å². The number of hydrogen-bond acceptors (Lipinski definition) is 8. The highest BCUT2D eigenvalue weighted by molar-refractivity contribution is 7.47. The molecule has 0 rings (SSSR count). The summed E-state index contributed by atoms with van der Waals surface area (Å²) >= 11 is 0. The Morgan fingerprint density at radius 2 is 0.841 bits per heavy atom. The van der Waals surface area contributed by atoms with Gasteiger partial charge in [-0.25, -0.2) is 9.36 Å². The molecule has 0 aliphatic heterocycles. The summed E-state index contributed by atoms with van der Waals surface area (Å²) in [4.78, 5) is 46.2. The van der Waals surface area contributed by atoms with Crippen molar-refractivity contribution in [1.82, 2.24) is 5.32 Å². The summed E-state index contributed by atoms with van der Waals surface area (Å²) in [5.41, 5.74) is 0. The Bertz CT molecular complexity index is 1490. The molecule has 0 fully saturated rings. The van der Waals surface area contributed by atoms with Gasteiger partial charge in [-0.15, -0.1) is 0 Å².